The van der Waals surface area contributed by atoms with E-state index in [1.54, 1.807) is 24.2 Å². The Morgan fingerprint density at radius 2 is 1.81 bits per heavy atom. The van der Waals surface area contributed by atoms with Crippen LogP contribution >= 0.6 is 23.4 Å². The van der Waals surface area contributed by atoms with Gasteiger partial charge < -0.3 is 4.52 Å². The van der Waals surface area contributed by atoms with E-state index in [1.807, 2.05) is 36.4 Å². The van der Waals surface area contributed by atoms with E-state index in [0.29, 0.717) is 28.3 Å². The van der Waals surface area contributed by atoms with Crippen LogP contribution < -0.4 is 0 Å². The van der Waals surface area contributed by atoms with Crippen LogP contribution in [0.15, 0.2) is 58.5 Å². The summed E-state index contributed by atoms with van der Waals surface area (Å²) in [5, 5.41) is 12.6. The lowest BCUT2D eigenvalue weighted by molar-refractivity contribution is 0.378. The zero-order valence-electron chi connectivity index (χ0n) is 14.2. The molecule has 0 fully saturated rings. The first-order chi connectivity index (χ1) is 13.3. The first-order valence-electron chi connectivity index (χ1n) is 8.32. The average molecular weight is 399 g/mol. The summed E-state index contributed by atoms with van der Waals surface area (Å²) in [5.41, 5.74) is 1.85. The SMILES string of the molecule is Clc1ccc(-c2nc(SCCCc3nc(-c4ccncc4)no3)n[nH]2)cc1. The second-order valence-corrected chi connectivity index (χ2v) is 7.17. The molecule has 0 unspecified atom stereocenters. The lowest BCUT2D eigenvalue weighted by Gasteiger charge is -1.96. The van der Waals surface area contributed by atoms with Crippen LogP contribution in [0.25, 0.3) is 22.8 Å². The summed E-state index contributed by atoms with van der Waals surface area (Å²) in [5.74, 6) is 2.79. The molecular weight excluding hydrogens is 384 g/mol. The topological polar surface area (TPSA) is 93.4 Å². The molecule has 0 amide bonds. The van der Waals surface area contributed by atoms with E-state index in [0.717, 1.165) is 29.1 Å². The van der Waals surface area contributed by atoms with E-state index in [1.165, 1.54) is 0 Å². The number of halogens is 1. The molecular formula is C18H15ClN6OS. The standard InChI is InChI=1S/C18H15ClN6OS/c19-14-5-3-12(4-6-14)16-22-18(24-23-16)27-11-1-2-15-21-17(25-26-15)13-7-9-20-10-8-13/h3-10H,1-2,11H2,(H,22,23,24). The van der Waals surface area contributed by atoms with Crippen molar-refractivity contribution in [2.75, 3.05) is 5.75 Å². The number of pyridine rings is 1. The molecule has 0 saturated heterocycles. The molecule has 1 N–H and O–H groups in total. The highest BCUT2D eigenvalue weighted by atomic mass is 35.5. The Hall–Kier alpha value is -2.71. The van der Waals surface area contributed by atoms with Crippen LogP contribution in [0.2, 0.25) is 5.02 Å². The van der Waals surface area contributed by atoms with Crippen molar-refractivity contribution >= 4 is 23.4 Å². The van der Waals surface area contributed by atoms with E-state index >= 15 is 0 Å². The summed E-state index contributed by atoms with van der Waals surface area (Å²) >= 11 is 7.49. The third-order valence-electron chi connectivity index (χ3n) is 3.76. The fourth-order valence-electron chi connectivity index (χ4n) is 2.41. The summed E-state index contributed by atoms with van der Waals surface area (Å²) in [6.07, 6.45) is 5.00. The quantitative estimate of drug-likeness (QED) is 0.366. The van der Waals surface area contributed by atoms with Gasteiger partial charge >= 0.3 is 0 Å². The molecule has 0 bridgehead atoms. The minimum absolute atomic E-state index is 0.585. The number of thioether (sulfide) groups is 1. The third kappa shape index (κ3) is 4.53. The van der Waals surface area contributed by atoms with Gasteiger partial charge in [0.2, 0.25) is 16.9 Å². The number of aryl methyl sites for hydroxylation is 1. The lowest BCUT2D eigenvalue weighted by Crippen LogP contribution is -1.89. The number of aromatic amines is 1. The van der Waals surface area contributed by atoms with Gasteiger partial charge in [0.05, 0.1) is 0 Å². The average Bonchev–Trinajstić information content (AvgIpc) is 3.36. The third-order valence-corrected chi connectivity index (χ3v) is 4.94. The molecule has 0 saturated carbocycles. The van der Waals surface area contributed by atoms with Crippen LogP contribution in [0, 0.1) is 0 Å². The monoisotopic (exact) mass is 398 g/mol. The maximum atomic E-state index is 5.91. The van der Waals surface area contributed by atoms with Crippen molar-refractivity contribution in [2.45, 2.75) is 18.0 Å². The summed E-state index contributed by atoms with van der Waals surface area (Å²) in [6, 6.07) is 11.2. The molecule has 7 nitrogen and oxygen atoms in total. The van der Waals surface area contributed by atoms with Crippen molar-refractivity contribution in [3.8, 4) is 22.8 Å². The fourth-order valence-corrected chi connectivity index (χ4v) is 3.27. The van der Waals surface area contributed by atoms with E-state index in [9.17, 15) is 0 Å². The molecule has 0 spiro atoms. The highest BCUT2D eigenvalue weighted by Crippen LogP contribution is 2.22. The van der Waals surface area contributed by atoms with E-state index < -0.39 is 0 Å². The second-order valence-electron chi connectivity index (χ2n) is 5.67. The fraction of sp³-hybridized carbons (Fsp3) is 0.167. The van der Waals surface area contributed by atoms with Crippen molar-refractivity contribution in [1.29, 1.82) is 0 Å². The molecule has 0 radical (unpaired) electrons. The summed E-state index contributed by atoms with van der Waals surface area (Å²) < 4.78 is 5.30. The van der Waals surface area contributed by atoms with Gasteiger partial charge in [-0.1, -0.05) is 28.5 Å². The number of benzene rings is 1. The maximum absolute atomic E-state index is 5.91. The summed E-state index contributed by atoms with van der Waals surface area (Å²) in [4.78, 5) is 12.9. The van der Waals surface area contributed by atoms with Crippen LogP contribution in [0.5, 0.6) is 0 Å². The molecule has 0 aliphatic rings. The summed E-state index contributed by atoms with van der Waals surface area (Å²) in [7, 11) is 0. The van der Waals surface area contributed by atoms with Gasteiger partial charge in [-0.15, -0.1) is 5.10 Å². The highest BCUT2D eigenvalue weighted by molar-refractivity contribution is 7.99. The van der Waals surface area contributed by atoms with E-state index in [2.05, 4.69) is 30.3 Å². The zero-order chi connectivity index (χ0) is 18.5. The minimum atomic E-state index is 0.585. The molecule has 4 aromatic rings. The van der Waals surface area contributed by atoms with Gasteiger partial charge in [-0.25, -0.2) is 4.98 Å². The number of nitrogens with one attached hydrogen (secondary N) is 1. The van der Waals surface area contributed by atoms with Crippen molar-refractivity contribution in [3.63, 3.8) is 0 Å². The zero-order valence-corrected chi connectivity index (χ0v) is 15.7. The molecule has 3 aromatic heterocycles. The molecule has 0 aliphatic carbocycles. The molecule has 4 rings (SSSR count). The highest BCUT2D eigenvalue weighted by Gasteiger charge is 2.09. The molecule has 0 atom stereocenters. The first kappa shape index (κ1) is 17.7. The van der Waals surface area contributed by atoms with Gasteiger partial charge in [-0.3, -0.25) is 10.1 Å². The largest absolute Gasteiger partial charge is 0.339 e. The van der Waals surface area contributed by atoms with Crippen molar-refractivity contribution in [3.05, 3.63) is 59.7 Å². The van der Waals surface area contributed by atoms with Gasteiger partial charge in [-0.2, -0.15) is 4.98 Å². The lowest BCUT2D eigenvalue weighted by atomic mass is 10.2. The predicted molar refractivity (Wildman–Crippen MR) is 103 cm³/mol. The van der Waals surface area contributed by atoms with Gasteiger partial charge in [0, 0.05) is 40.7 Å². The number of hydrogen-bond acceptors (Lipinski definition) is 7. The Morgan fingerprint density at radius 1 is 1.00 bits per heavy atom. The number of rotatable bonds is 7. The van der Waals surface area contributed by atoms with Crippen LogP contribution in [-0.2, 0) is 6.42 Å². The Balaban J connectivity index is 1.27. The molecule has 9 heteroatoms. The van der Waals surface area contributed by atoms with Crippen molar-refractivity contribution in [2.24, 2.45) is 0 Å². The van der Waals surface area contributed by atoms with Gasteiger partial charge in [0.15, 0.2) is 5.82 Å². The molecule has 0 aliphatic heterocycles. The molecule has 136 valence electrons. The van der Waals surface area contributed by atoms with Crippen LogP contribution in [0.3, 0.4) is 0 Å². The summed E-state index contributed by atoms with van der Waals surface area (Å²) in [6.45, 7) is 0. The van der Waals surface area contributed by atoms with E-state index in [-0.39, 0.29) is 0 Å². The molecule has 1 aromatic carbocycles. The van der Waals surface area contributed by atoms with Gasteiger partial charge in [0.1, 0.15) is 0 Å². The van der Waals surface area contributed by atoms with Crippen molar-refractivity contribution in [1.82, 2.24) is 30.3 Å². The van der Waals surface area contributed by atoms with Crippen LogP contribution in [0.1, 0.15) is 12.3 Å². The maximum Gasteiger partial charge on any atom is 0.226 e. The van der Waals surface area contributed by atoms with Crippen molar-refractivity contribution < 1.29 is 4.52 Å². The van der Waals surface area contributed by atoms with Crippen LogP contribution in [0.4, 0.5) is 0 Å². The minimum Gasteiger partial charge on any atom is -0.339 e. The van der Waals surface area contributed by atoms with Gasteiger partial charge in [0.25, 0.3) is 0 Å². The Morgan fingerprint density at radius 3 is 2.63 bits per heavy atom. The number of aromatic nitrogens is 6. The smallest absolute Gasteiger partial charge is 0.226 e. The first-order valence-corrected chi connectivity index (χ1v) is 9.68. The Kier molecular flexibility index (Phi) is 5.45. The van der Waals surface area contributed by atoms with Crippen LogP contribution in [-0.4, -0.2) is 36.1 Å². The number of nitrogens with zero attached hydrogens (tertiary/aromatic N) is 5. The number of H-pyrrole nitrogens is 1. The Bertz CT molecular complexity index is 1000. The Labute approximate surface area is 164 Å². The molecule has 27 heavy (non-hydrogen) atoms. The second kappa shape index (κ2) is 8.32. The number of hydrogen-bond donors (Lipinski definition) is 1. The molecule has 3 heterocycles. The normalized spacial score (nSPS) is 11.0. The van der Waals surface area contributed by atoms with E-state index in [4.69, 9.17) is 16.1 Å². The van der Waals surface area contributed by atoms with Gasteiger partial charge in [-0.05, 0) is 42.8 Å². The predicted octanol–water partition coefficient (Wildman–Crippen LogP) is 4.30.